The fourth-order valence-corrected chi connectivity index (χ4v) is 1.97. The van der Waals surface area contributed by atoms with Crippen LogP contribution >= 0.6 is 0 Å². The number of hydrogen-bond donors (Lipinski definition) is 2. The summed E-state index contributed by atoms with van der Waals surface area (Å²) in [6.45, 7) is 0.630. The first kappa shape index (κ1) is 10.5. The zero-order valence-electron chi connectivity index (χ0n) is 8.42. The van der Waals surface area contributed by atoms with Crippen molar-refractivity contribution in [2.45, 2.75) is 19.3 Å². The van der Waals surface area contributed by atoms with Crippen LogP contribution in [0.15, 0.2) is 0 Å². The molecule has 76 valence electrons. The van der Waals surface area contributed by atoms with Gasteiger partial charge in [0.05, 0.1) is 0 Å². The van der Waals surface area contributed by atoms with Crippen LogP contribution in [0.4, 0.5) is 0 Å². The van der Waals surface area contributed by atoms with Crippen LogP contribution in [0.1, 0.15) is 19.3 Å². The number of nitrogens with zero attached hydrogens (tertiary/aromatic N) is 1. The quantitative estimate of drug-likeness (QED) is 0.606. The van der Waals surface area contributed by atoms with Gasteiger partial charge in [0.25, 0.3) is 0 Å². The second kappa shape index (κ2) is 4.58. The van der Waals surface area contributed by atoms with Crippen molar-refractivity contribution < 1.29 is 4.79 Å². The first-order valence-corrected chi connectivity index (χ1v) is 4.83. The molecule has 2 unspecified atom stereocenters. The van der Waals surface area contributed by atoms with E-state index < -0.39 is 0 Å². The molecule has 4 nitrogen and oxygen atoms in total. The summed E-state index contributed by atoms with van der Waals surface area (Å²) in [6.07, 6.45) is 3.22. The molecule has 0 heterocycles. The van der Waals surface area contributed by atoms with Gasteiger partial charge in [0.15, 0.2) is 0 Å². The molecule has 1 saturated carbocycles. The van der Waals surface area contributed by atoms with E-state index in [2.05, 4.69) is 5.43 Å². The Bertz CT molecular complexity index is 182. The SMILES string of the molecule is CN(C)NC(=O)C1CCCC1CN. The Morgan fingerprint density at radius 3 is 2.77 bits per heavy atom. The largest absolute Gasteiger partial charge is 0.330 e. The monoisotopic (exact) mass is 185 g/mol. The number of hydrazine groups is 1. The first-order valence-electron chi connectivity index (χ1n) is 4.83. The molecule has 3 N–H and O–H groups in total. The summed E-state index contributed by atoms with van der Waals surface area (Å²) < 4.78 is 0. The predicted molar refractivity (Wildman–Crippen MR) is 51.7 cm³/mol. The number of carbonyl (C=O) groups is 1. The molecule has 0 aromatic heterocycles. The molecule has 0 saturated heterocycles. The zero-order valence-corrected chi connectivity index (χ0v) is 8.42. The van der Waals surface area contributed by atoms with E-state index in [0.29, 0.717) is 12.5 Å². The summed E-state index contributed by atoms with van der Waals surface area (Å²) in [5.41, 5.74) is 8.39. The Kier molecular flexibility index (Phi) is 3.69. The lowest BCUT2D eigenvalue weighted by molar-refractivity contribution is -0.129. The molecule has 0 aliphatic heterocycles. The minimum Gasteiger partial charge on any atom is -0.330 e. The Balaban J connectivity index is 2.45. The molecule has 1 aliphatic carbocycles. The standard InChI is InChI=1S/C9H19N3O/c1-12(2)11-9(13)8-5-3-4-7(8)6-10/h7-8H,3-6,10H2,1-2H3,(H,11,13). The third-order valence-corrected chi connectivity index (χ3v) is 2.63. The summed E-state index contributed by atoms with van der Waals surface area (Å²) >= 11 is 0. The van der Waals surface area contributed by atoms with Crippen molar-refractivity contribution in [1.82, 2.24) is 10.4 Å². The lowest BCUT2D eigenvalue weighted by atomic mass is 9.96. The summed E-state index contributed by atoms with van der Waals surface area (Å²) in [5.74, 6) is 0.644. The van der Waals surface area contributed by atoms with Crippen molar-refractivity contribution in [2.75, 3.05) is 20.6 Å². The molecule has 1 fully saturated rings. The van der Waals surface area contributed by atoms with Crippen LogP contribution in [-0.2, 0) is 4.79 Å². The van der Waals surface area contributed by atoms with Crippen molar-refractivity contribution in [3.05, 3.63) is 0 Å². The molecule has 0 radical (unpaired) electrons. The van der Waals surface area contributed by atoms with Gasteiger partial charge in [0.1, 0.15) is 0 Å². The first-order chi connectivity index (χ1) is 6.15. The van der Waals surface area contributed by atoms with Gasteiger partial charge in [-0.15, -0.1) is 0 Å². The van der Waals surface area contributed by atoms with Crippen LogP contribution in [0.25, 0.3) is 0 Å². The zero-order chi connectivity index (χ0) is 9.84. The second-order valence-corrected chi connectivity index (χ2v) is 3.90. The number of hydrogen-bond acceptors (Lipinski definition) is 3. The Labute approximate surface area is 79.4 Å². The summed E-state index contributed by atoms with van der Waals surface area (Å²) in [4.78, 5) is 11.6. The Hall–Kier alpha value is -0.610. The van der Waals surface area contributed by atoms with Crippen LogP contribution in [0.5, 0.6) is 0 Å². The number of carbonyl (C=O) groups excluding carboxylic acids is 1. The van der Waals surface area contributed by atoms with Crippen molar-refractivity contribution in [3.8, 4) is 0 Å². The van der Waals surface area contributed by atoms with E-state index in [1.54, 1.807) is 5.01 Å². The fourth-order valence-electron chi connectivity index (χ4n) is 1.97. The van der Waals surface area contributed by atoms with Gasteiger partial charge in [-0.2, -0.15) is 0 Å². The van der Waals surface area contributed by atoms with Crippen molar-refractivity contribution >= 4 is 5.91 Å². The molecule has 0 bridgehead atoms. The van der Waals surface area contributed by atoms with Gasteiger partial charge in [-0.05, 0) is 25.3 Å². The van der Waals surface area contributed by atoms with Crippen LogP contribution in [0.3, 0.4) is 0 Å². The third kappa shape index (κ3) is 2.67. The highest BCUT2D eigenvalue weighted by Crippen LogP contribution is 2.30. The van der Waals surface area contributed by atoms with Crippen LogP contribution in [0.2, 0.25) is 0 Å². The summed E-state index contributed by atoms with van der Waals surface area (Å²) in [5, 5.41) is 1.69. The summed E-state index contributed by atoms with van der Waals surface area (Å²) in [7, 11) is 3.65. The van der Waals surface area contributed by atoms with Gasteiger partial charge < -0.3 is 5.73 Å². The lowest BCUT2D eigenvalue weighted by Crippen LogP contribution is -2.42. The molecule has 1 aliphatic rings. The number of nitrogens with two attached hydrogens (primary N) is 1. The van der Waals surface area contributed by atoms with Gasteiger partial charge in [-0.3, -0.25) is 10.2 Å². The third-order valence-electron chi connectivity index (χ3n) is 2.63. The molecule has 1 amide bonds. The molecule has 0 aromatic carbocycles. The van der Waals surface area contributed by atoms with E-state index in [0.717, 1.165) is 19.3 Å². The average Bonchev–Trinajstić information content (AvgIpc) is 2.49. The predicted octanol–water partition coefficient (Wildman–Crippen LogP) is -0.0458. The smallest absolute Gasteiger partial charge is 0.237 e. The molecule has 0 spiro atoms. The molecule has 4 heteroatoms. The minimum absolute atomic E-state index is 0.123. The number of nitrogens with one attached hydrogen (secondary N) is 1. The Morgan fingerprint density at radius 2 is 2.23 bits per heavy atom. The van der Waals surface area contributed by atoms with E-state index in [-0.39, 0.29) is 11.8 Å². The second-order valence-electron chi connectivity index (χ2n) is 3.90. The van der Waals surface area contributed by atoms with Gasteiger partial charge in [-0.1, -0.05) is 6.42 Å². The lowest BCUT2D eigenvalue weighted by Gasteiger charge is -2.20. The molecule has 1 rings (SSSR count). The van der Waals surface area contributed by atoms with Crippen LogP contribution < -0.4 is 11.2 Å². The van der Waals surface area contributed by atoms with Crippen molar-refractivity contribution in [1.29, 1.82) is 0 Å². The van der Waals surface area contributed by atoms with E-state index in [1.165, 1.54) is 0 Å². The van der Waals surface area contributed by atoms with E-state index in [1.807, 2.05) is 14.1 Å². The topological polar surface area (TPSA) is 58.4 Å². The highest BCUT2D eigenvalue weighted by atomic mass is 16.2. The van der Waals surface area contributed by atoms with Gasteiger partial charge in [0, 0.05) is 20.0 Å². The molecule has 13 heavy (non-hydrogen) atoms. The van der Waals surface area contributed by atoms with E-state index in [4.69, 9.17) is 5.73 Å². The summed E-state index contributed by atoms with van der Waals surface area (Å²) in [6, 6.07) is 0. The van der Waals surface area contributed by atoms with Crippen LogP contribution in [0, 0.1) is 11.8 Å². The Morgan fingerprint density at radius 1 is 1.54 bits per heavy atom. The van der Waals surface area contributed by atoms with Gasteiger partial charge in [-0.25, -0.2) is 5.01 Å². The van der Waals surface area contributed by atoms with Crippen molar-refractivity contribution in [3.63, 3.8) is 0 Å². The van der Waals surface area contributed by atoms with E-state index >= 15 is 0 Å². The molecule has 2 atom stereocenters. The van der Waals surface area contributed by atoms with Crippen LogP contribution in [-0.4, -0.2) is 31.6 Å². The highest BCUT2D eigenvalue weighted by Gasteiger charge is 2.31. The maximum absolute atomic E-state index is 11.6. The minimum atomic E-state index is 0.123. The molecule has 0 aromatic rings. The van der Waals surface area contributed by atoms with Gasteiger partial charge >= 0.3 is 0 Å². The maximum Gasteiger partial charge on any atom is 0.237 e. The maximum atomic E-state index is 11.6. The molecular weight excluding hydrogens is 166 g/mol. The average molecular weight is 185 g/mol. The fraction of sp³-hybridized carbons (Fsp3) is 0.889. The highest BCUT2D eigenvalue weighted by molar-refractivity contribution is 5.78. The number of amides is 1. The van der Waals surface area contributed by atoms with Crippen molar-refractivity contribution in [2.24, 2.45) is 17.6 Å². The normalized spacial score (nSPS) is 28.0. The van der Waals surface area contributed by atoms with E-state index in [9.17, 15) is 4.79 Å². The van der Waals surface area contributed by atoms with Gasteiger partial charge in [0.2, 0.25) is 5.91 Å². The molecular formula is C9H19N3O. The number of rotatable bonds is 3.